The number of aryl methyl sites for hydroxylation is 2. The smallest absolute Gasteiger partial charge is 0.182 e. The molecule has 0 amide bonds. The Morgan fingerprint density at radius 1 is 1.08 bits per heavy atom. The summed E-state index contributed by atoms with van der Waals surface area (Å²) < 4.78 is 6.32. The number of fused-ring (bicyclic) bond motifs is 2. The molecule has 0 aliphatic carbocycles. The number of hydrogen-bond donors (Lipinski definition) is 1. The van der Waals surface area contributed by atoms with Crippen molar-refractivity contribution < 1.29 is 4.74 Å². The molecule has 0 atom stereocenters. The van der Waals surface area contributed by atoms with Crippen LogP contribution in [-0.2, 0) is 13.1 Å². The van der Waals surface area contributed by atoms with E-state index in [9.17, 15) is 0 Å². The third-order valence-corrected chi connectivity index (χ3v) is 8.02. The van der Waals surface area contributed by atoms with Gasteiger partial charge >= 0.3 is 0 Å². The lowest BCUT2D eigenvalue weighted by atomic mass is 9.99. The molecule has 8 nitrogen and oxygen atoms in total. The van der Waals surface area contributed by atoms with Gasteiger partial charge in [-0.3, -0.25) is 4.90 Å². The summed E-state index contributed by atoms with van der Waals surface area (Å²) in [5.41, 5.74) is 13.4. The first-order valence-corrected chi connectivity index (χ1v) is 14.2. The van der Waals surface area contributed by atoms with Crippen molar-refractivity contribution >= 4 is 32.6 Å². The highest BCUT2D eigenvalue weighted by atomic mass is 32.1. The van der Waals surface area contributed by atoms with Crippen molar-refractivity contribution in [3.63, 3.8) is 0 Å². The minimum atomic E-state index is 0.313. The summed E-state index contributed by atoms with van der Waals surface area (Å²) in [4.78, 5) is 24.7. The topological polar surface area (TPSA) is 93.3 Å². The number of nitrogen functional groups attached to an aromatic ring is 1. The van der Waals surface area contributed by atoms with Crippen LogP contribution in [0.1, 0.15) is 61.8 Å². The lowest BCUT2D eigenvalue weighted by Gasteiger charge is -2.27. The van der Waals surface area contributed by atoms with E-state index in [1.807, 2.05) is 6.20 Å². The van der Waals surface area contributed by atoms with Crippen LogP contribution >= 0.6 is 11.3 Å². The largest absolute Gasteiger partial charge is 0.491 e. The number of pyridine rings is 1. The second-order valence-electron chi connectivity index (χ2n) is 10.2. The monoisotopic (exact) mass is 531 g/mol. The molecule has 2 N–H and O–H groups in total. The van der Waals surface area contributed by atoms with Gasteiger partial charge in [0, 0.05) is 35.1 Å². The molecule has 1 aliphatic heterocycles. The standard InChI is InChI=1S/C29H37N7OS/c1-7-35(8-2)16-24-32-19(6)25(17(3)4)27(34-24)36-9-10-37-26-18(5)11-20(12-22(26)15-36)21-13-23-28(31-14-21)38-29(30)33-23/h11-14,17H,7-10,15-16H2,1-6H3,(H2,30,33). The summed E-state index contributed by atoms with van der Waals surface area (Å²) >= 11 is 1.41. The highest BCUT2D eigenvalue weighted by molar-refractivity contribution is 7.21. The van der Waals surface area contributed by atoms with Gasteiger partial charge in [-0.1, -0.05) is 39.0 Å². The Balaban J connectivity index is 1.55. The van der Waals surface area contributed by atoms with Crippen LogP contribution in [-0.4, -0.2) is 51.1 Å². The van der Waals surface area contributed by atoms with Crippen LogP contribution in [0.2, 0.25) is 0 Å². The zero-order valence-electron chi connectivity index (χ0n) is 23.2. The van der Waals surface area contributed by atoms with E-state index in [0.717, 1.165) is 81.9 Å². The molecule has 0 radical (unpaired) electrons. The summed E-state index contributed by atoms with van der Waals surface area (Å²) in [6.07, 6.45) is 1.90. The van der Waals surface area contributed by atoms with E-state index in [0.29, 0.717) is 24.2 Å². The zero-order chi connectivity index (χ0) is 27.0. The Morgan fingerprint density at radius 3 is 2.61 bits per heavy atom. The van der Waals surface area contributed by atoms with Crippen molar-refractivity contribution in [3.05, 3.63) is 52.6 Å². The van der Waals surface area contributed by atoms with Gasteiger partial charge in [0.25, 0.3) is 0 Å². The summed E-state index contributed by atoms with van der Waals surface area (Å²) in [5, 5.41) is 0.535. The van der Waals surface area contributed by atoms with E-state index in [2.05, 4.69) is 79.5 Å². The lowest BCUT2D eigenvalue weighted by Crippen LogP contribution is -2.30. The zero-order valence-corrected chi connectivity index (χ0v) is 24.0. The molecule has 0 bridgehead atoms. The van der Waals surface area contributed by atoms with Crippen molar-refractivity contribution in [2.75, 3.05) is 36.9 Å². The molecular weight excluding hydrogens is 494 g/mol. The van der Waals surface area contributed by atoms with Crippen LogP contribution in [0.3, 0.4) is 0 Å². The Bertz CT molecular complexity index is 1460. The maximum atomic E-state index is 6.32. The normalized spacial score (nSPS) is 13.7. The molecular formula is C29H37N7OS. The second kappa shape index (κ2) is 10.8. The number of rotatable bonds is 7. The predicted octanol–water partition coefficient (Wildman–Crippen LogP) is 5.71. The highest BCUT2D eigenvalue weighted by Crippen LogP contribution is 2.37. The summed E-state index contributed by atoms with van der Waals surface area (Å²) in [7, 11) is 0. The molecule has 38 heavy (non-hydrogen) atoms. The third kappa shape index (κ3) is 5.17. The average molecular weight is 532 g/mol. The lowest BCUT2D eigenvalue weighted by molar-refractivity contribution is 0.288. The van der Waals surface area contributed by atoms with Crippen molar-refractivity contribution in [3.8, 4) is 16.9 Å². The number of benzene rings is 1. The number of hydrogen-bond acceptors (Lipinski definition) is 9. The van der Waals surface area contributed by atoms with Crippen LogP contribution < -0.4 is 15.4 Å². The van der Waals surface area contributed by atoms with Gasteiger partial charge in [-0.25, -0.2) is 19.9 Å². The molecule has 200 valence electrons. The van der Waals surface area contributed by atoms with Crippen molar-refractivity contribution in [1.29, 1.82) is 0 Å². The van der Waals surface area contributed by atoms with E-state index in [1.165, 1.54) is 16.9 Å². The first-order chi connectivity index (χ1) is 18.3. The maximum absolute atomic E-state index is 6.32. The predicted molar refractivity (Wildman–Crippen MR) is 156 cm³/mol. The summed E-state index contributed by atoms with van der Waals surface area (Å²) in [6.45, 7) is 17.8. The van der Waals surface area contributed by atoms with E-state index in [4.69, 9.17) is 20.4 Å². The summed E-state index contributed by atoms with van der Waals surface area (Å²) in [5.74, 6) is 3.18. The van der Waals surface area contributed by atoms with Crippen molar-refractivity contribution in [1.82, 2.24) is 24.8 Å². The molecule has 0 fully saturated rings. The molecule has 9 heteroatoms. The molecule has 4 aromatic rings. The molecule has 0 spiro atoms. The van der Waals surface area contributed by atoms with Gasteiger partial charge in [-0.05, 0) is 62.2 Å². The molecule has 1 aromatic carbocycles. The maximum Gasteiger partial charge on any atom is 0.182 e. The van der Waals surface area contributed by atoms with Crippen LogP contribution in [0.4, 0.5) is 10.9 Å². The number of nitrogens with zero attached hydrogens (tertiary/aromatic N) is 6. The Kier molecular flexibility index (Phi) is 7.49. The van der Waals surface area contributed by atoms with Crippen molar-refractivity contribution in [2.45, 2.75) is 60.5 Å². The number of thiazole rings is 1. The van der Waals surface area contributed by atoms with Gasteiger partial charge in [-0.15, -0.1) is 0 Å². The fraction of sp³-hybridized carbons (Fsp3) is 0.448. The minimum absolute atomic E-state index is 0.313. The molecule has 1 aliphatic rings. The van der Waals surface area contributed by atoms with Crippen LogP contribution in [0.25, 0.3) is 21.5 Å². The molecule has 5 rings (SSSR count). The van der Waals surface area contributed by atoms with E-state index >= 15 is 0 Å². The second-order valence-corrected chi connectivity index (χ2v) is 11.2. The SMILES string of the molecule is CCN(CC)Cc1nc(C)c(C(C)C)c(N2CCOc3c(C)cc(-c4cnc5sc(N)nc5c4)cc3C2)n1. The van der Waals surface area contributed by atoms with E-state index in [-0.39, 0.29) is 0 Å². The average Bonchev–Trinajstić information content (AvgIpc) is 3.11. The van der Waals surface area contributed by atoms with Crippen molar-refractivity contribution in [2.24, 2.45) is 0 Å². The van der Waals surface area contributed by atoms with Gasteiger partial charge in [-0.2, -0.15) is 0 Å². The van der Waals surface area contributed by atoms with E-state index in [1.54, 1.807) is 0 Å². The molecule has 0 unspecified atom stereocenters. The number of ether oxygens (including phenoxy) is 1. The molecule has 0 saturated heterocycles. The van der Waals surface area contributed by atoms with Crippen LogP contribution in [0.5, 0.6) is 5.75 Å². The van der Waals surface area contributed by atoms with Gasteiger partial charge in [0.1, 0.15) is 34.3 Å². The highest BCUT2D eigenvalue weighted by Gasteiger charge is 2.25. The van der Waals surface area contributed by atoms with Gasteiger partial charge in [0.05, 0.1) is 13.1 Å². The minimum Gasteiger partial charge on any atom is -0.491 e. The molecule has 3 aromatic heterocycles. The van der Waals surface area contributed by atoms with Gasteiger partial charge in [0.15, 0.2) is 5.13 Å². The number of anilines is 2. The van der Waals surface area contributed by atoms with Gasteiger partial charge < -0.3 is 15.4 Å². The molecule has 0 saturated carbocycles. The fourth-order valence-electron chi connectivity index (χ4n) is 5.32. The Labute approximate surface area is 228 Å². The summed E-state index contributed by atoms with van der Waals surface area (Å²) in [6, 6.07) is 6.46. The first-order valence-electron chi connectivity index (χ1n) is 13.4. The quantitative estimate of drug-likeness (QED) is 0.324. The Morgan fingerprint density at radius 2 is 1.87 bits per heavy atom. The number of aromatic nitrogens is 4. The number of nitrogens with two attached hydrogens (primary N) is 1. The van der Waals surface area contributed by atoms with Gasteiger partial charge in [0.2, 0.25) is 0 Å². The first kappa shape index (κ1) is 26.3. The van der Waals surface area contributed by atoms with E-state index < -0.39 is 0 Å². The fourth-order valence-corrected chi connectivity index (χ4v) is 5.97. The Hall–Kier alpha value is -3.30. The van der Waals surface area contributed by atoms with Crippen LogP contribution in [0, 0.1) is 13.8 Å². The van der Waals surface area contributed by atoms with Crippen LogP contribution in [0.15, 0.2) is 24.4 Å². The molecule has 4 heterocycles. The third-order valence-electron chi connectivity index (χ3n) is 7.22.